The smallest absolute Gasteiger partial charge is 0.225 e. The molecule has 1 unspecified atom stereocenters. The Morgan fingerprint density at radius 2 is 2.12 bits per heavy atom. The Hall–Kier alpha value is -1.62. The molecule has 0 spiro atoms. The van der Waals surface area contributed by atoms with E-state index in [-0.39, 0.29) is 5.91 Å². The highest BCUT2D eigenvalue weighted by Gasteiger charge is 2.49. The van der Waals surface area contributed by atoms with Crippen LogP contribution in [0.3, 0.4) is 0 Å². The first-order valence-electron chi connectivity index (χ1n) is 9.73. The lowest BCUT2D eigenvalue weighted by Crippen LogP contribution is -2.36. The first-order valence-corrected chi connectivity index (χ1v) is 9.73. The predicted molar refractivity (Wildman–Crippen MR) is 98.7 cm³/mol. The molecule has 0 radical (unpaired) electrons. The van der Waals surface area contributed by atoms with Crippen LogP contribution >= 0.6 is 0 Å². The summed E-state index contributed by atoms with van der Waals surface area (Å²) in [6.45, 7) is 5.68. The number of hydrogen-bond donors (Lipinski definition) is 1. The number of anilines is 2. The first-order chi connectivity index (χ1) is 12.1. The second-order valence-corrected chi connectivity index (χ2v) is 8.20. The van der Waals surface area contributed by atoms with E-state index in [4.69, 9.17) is 4.74 Å². The Balaban J connectivity index is 1.34. The van der Waals surface area contributed by atoms with Crippen LogP contribution in [0.2, 0.25) is 0 Å². The fourth-order valence-electron chi connectivity index (χ4n) is 4.25. The summed E-state index contributed by atoms with van der Waals surface area (Å²) in [5.41, 5.74) is 1.51. The van der Waals surface area contributed by atoms with Gasteiger partial charge in [0.1, 0.15) is 5.82 Å². The summed E-state index contributed by atoms with van der Waals surface area (Å²) < 4.78 is 5.38. The predicted octanol–water partition coefficient (Wildman–Crippen LogP) is 3.46. The lowest BCUT2D eigenvalue weighted by atomic mass is 9.68. The summed E-state index contributed by atoms with van der Waals surface area (Å²) in [6, 6.07) is 3.96. The van der Waals surface area contributed by atoms with Crippen molar-refractivity contribution in [3.63, 3.8) is 0 Å². The van der Waals surface area contributed by atoms with Gasteiger partial charge in [-0.2, -0.15) is 0 Å². The van der Waals surface area contributed by atoms with E-state index in [1.54, 1.807) is 0 Å². The summed E-state index contributed by atoms with van der Waals surface area (Å²) in [5.74, 6) is 2.09. The Labute approximate surface area is 150 Å². The maximum atomic E-state index is 12.6. The molecule has 1 saturated heterocycles. The molecule has 2 saturated carbocycles. The fraction of sp³-hybridized carbons (Fsp3) is 0.700. The number of nitrogens with one attached hydrogen (secondary N) is 1. The molecule has 2 aliphatic carbocycles. The molecule has 1 aliphatic heterocycles. The number of rotatable bonds is 6. The van der Waals surface area contributed by atoms with Gasteiger partial charge in [0.15, 0.2) is 0 Å². The third-order valence-corrected chi connectivity index (χ3v) is 6.45. The van der Waals surface area contributed by atoms with Gasteiger partial charge in [0, 0.05) is 19.5 Å². The van der Waals surface area contributed by atoms with Crippen LogP contribution in [0.1, 0.15) is 45.4 Å². The molecule has 25 heavy (non-hydrogen) atoms. The molecule has 1 amide bonds. The average molecular weight is 343 g/mol. The van der Waals surface area contributed by atoms with Crippen LogP contribution in [-0.4, -0.2) is 37.2 Å². The molecule has 0 aromatic carbocycles. The quantitative estimate of drug-likeness (QED) is 0.859. The number of ether oxygens (including phenoxy) is 1. The zero-order valence-electron chi connectivity index (χ0n) is 15.2. The normalized spacial score (nSPS) is 23.6. The van der Waals surface area contributed by atoms with Gasteiger partial charge in [0.05, 0.1) is 25.1 Å². The Kier molecular flexibility index (Phi) is 4.67. The van der Waals surface area contributed by atoms with E-state index in [2.05, 4.69) is 22.1 Å². The van der Waals surface area contributed by atoms with E-state index in [9.17, 15) is 4.79 Å². The van der Waals surface area contributed by atoms with Gasteiger partial charge in [-0.15, -0.1) is 0 Å². The second-order valence-electron chi connectivity index (χ2n) is 8.20. The number of carbonyl (C=O) groups is 1. The Bertz CT molecular complexity index is 602. The molecule has 1 N–H and O–H groups in total. The summed E-state index contributed by atoms with van der Waals surface area (Å²) >= 11 is 0. The van der Waals surface area contributed by atoms with E-state index in [0.29, 0.717) is 23.6 Å². The van der Waals surface area contributed by atoms with E-state index < -0.39 is 0 Å². The number of amides is 1. The van der Waals surface area contributed by atoms with Crippen molar-refractivity contribution in [3.05, 3.63) is 18.3 Å². The molecular formula is C20H29N3O2. The van der Waals surface area contributed by atoms with E-state index in [1.807, 2.05) is 18.3 Å². The number of carbonyl (C=O) groups excluding carboxylic acids is 1. The maximum Gasteiger partial charge on any atom is 0.225 e. The van der Waals surface area contributed by atoms with Crippen molar-refractivity contribution in [1.29, 1.82) is 0 Å². The van der Waals surface area contributed by atoms with Crippen molar-refractivity contribution in [2.45, 2.75) is 45.4 Å². The third kappa shape index (κ3) is 3.81. The molecule has 3 aliphatic rings. The molecule has 1 aromatic rings. The number of nitrogens with zero attached hydrogens (tertiary/aromatic N) is 2. The Morgan fingerprint density at radius 1 is 1.36 bits per heavy atom. The number of pyridine rings is 1. The summed E-state index contributed by atoms with van der Waals surface area (Å²) in [6.07, 6.45) is 9.02. The number of morpholine rings is 1. The monoisotopic (exact) mass is 343 g/mol. The van der Waals surface area contributed by atoms with Gasteiger partial charge in [0.25, 0.3) is 0 Å². The van der Waals surface area contributed by atoms with Crippen LogP contribution in [0.5, 0.6) is 0 Å². The SMILES string of the molecule is CC1(C(CC(=O)Nc2ccc(N3CCOCC3)cn2)C2CCC2)CC1. The molecule has 1 aromatic heterocycles. The molecular weight excluding hydrogens is 314 g/mol. The van der Waals surface area contributed by atoms with Crippen LogP contribution in [0, 0.1) is 17.3 Å². The average Bonchev–Trinajstić information content (AvgIpc) is 3.33. The van der Waals surface area contributed by atoms with Crippen LogP contribution in [0.15, 0.2) is 18.3 Å². The van der Waals surface area contributed by atoms with Gasteiger partial charge < -0.3 is 15.0 Å². The highest BCUT2D eigenvalue weighted by Crippen LogP contribution is 2.58. The third-order valence-electron chi connectivity index (χ3n) is 6.45. The topological polar surface area (TPSA) is 54.5 Å². The van der Waals surface area contributed by atoms with Crippen molar-refractivity contribution in [1.82, 2.24) is 4.98 Å². The van der Waals surface area contributed by atoms with Crippen molar-refractivity contribution >= 4 is 17.4 Å². The molecule has 5 nitrogen and oxygen atoms in total. The standard InChI is InChI=1S/C20H29N3O2/c1-20(7-8-20)17(15-3-2-4-15)13-19(24)22-18-6-5-16(14-21-18)23-9-11-25-12-10-23/h5-6,14-15,17H,2-4,7-13H2,1H3,(H,21,22,24). The minimum atomic E-state index is 0.122. The van der Waals surface area contributed by atoms with Crippen LogP contribution < -0.4 is 10.2 Å². The van der Waals surface area contributed by atoms with E-state index in [0.717, 1.165) is 37.9 Å². The largest absolute Gasteiger partial charge is 0.378 e. The molecule has 3 fully saturated rings. The number of aromatic nitrogens is 1. The maximum absolute atomic E-state index is 12.6. The van der Waals surface area contributed by atoms with E-state index >= 15 is 0 Å². The zero-order valence-corrected chi connectivity index (χ0v) is 15.2. The van der Waals surface area contributed by atoms with Crippen molar-refractivity contribution in [2.75, 3.05) is 36.5 Å². The molecule has 0 bridgehead atoms. The lowest BCUT2D eigenvalue weighted by molar-refractivity contribution is -0.118. The summed E-state index contributed by atoms with van der Waals surface area (Å²) in [7, 11) is 0. The highest BCUT2D eigenvalue weighted by atomic mass is 16.5. The van der Waals surface area contributed by atoms with Gasteiger partial charge in [0.2, 0.25) is 5.91 Å². The molecule has 2 heterocycles. The fourth-order valence-corrected chi connectivity index (χ4v) is 4.25. The van der Waals surface area contributed by atoms with Crippen molar-refractivity contribution in [2.24, 2.45) is 17.3 Å². The lowest BCUT2D eigenvalue weighted by Gasteiger charge is -2.37. The Morgan fingerprint density at radius 3 is 2.68 bits per heavy atom. The van der Waals surface area contributed by atoms with Gasteiger partial charge in [-0.05, 0) is 42.2 Å². The molecule has 5 heteroatoms. The summed E-state index contributed by atoms with van der Waals surface area (Å²) in [4.78, 5) is 19.3. The van der Waals surface area contributed by atoms with Crippen molar-refractivity contribution < 1.29 is 9.53 Å². The van der Waals surface area contributed by atoms with Crippen molar-refractivity contribution in [3.8, 4) is 0 Å². The van der Waals surface area contributed by atoms with Gasteiger partial charge in [-0.3, -0.25) is 4.79 Å². The minimum Gasteiger partial charge on any atom is -0.378 e. The second kappa shape index (κ2) is 6.94. The first kappa shape index (κ1) is 16.8. The van der Waals surface area contributed by atoms with Gasteiger partial charge in [-0.25, -0.2) is 4.98 Å². The van der Waals surface area contributed by atoms with Gasteiger partial charge >= 0.3 is 0 Å². The van der Waals surface area contributed by atoms with Crippen LogP contribution in [0.25, 0.3) is 0 Å². The van der Waals surface area contributed by atoms with Gasteiger partial charge in [-0.1, -0.05) is 26.2 Å². The molecule has 136 valence electrons. The number of hydrogen-bond acceptors (Lipinski definition) is 4. The highest BCUT2D eigenvalue weighted by molar-refractivity contribution is 5.90. The minimum absolute atomic E-state index is 0.122. The van der Waals surface area contributed by atoms with Crippen LogP contribution in [0.4, 0.5) is 11.5 Å². The van der Waals surface area contributed by atoms with Crippen LogP contribution in [-0.2, 0) is 9.53 Å². The summed E-state index contributed by atoms with van der Waals surface area (Å²) in [5, 5.41) is 3.01. The molecule has 4 rings (SSSR count). The molecule has 1 atom stereocenters. The zero-order chi connectivity index (χ0) is 17.3. The van der Waals surface area contributed by atoms with E-state index in [1.165, 1.54) is 32.1 Å².